The number of carbonyl (C=O) groups excluding carboxylic acids is 3. The fraction of sp³-hybridized carbons (Fsp3) is 0.375. The van der Waals surface area contributed by atoms with Crippen LogP contribution in [0.5, 0.6) is 0 Å². The summed E-state index contributed by atoms with van der Waals surface area (Å²) in [6, 6.07) is 3.16. The van der Waals surface area contributed by atoms with Gasteiger partial charge in [0.15, 0.2) is 12.4 Å². The molecule has 1 N–H and O–H groups in total. The van der Waals surface area contributed by atoms with Crippen LogP contribution >= 0.6 is 11.8 Å². The van der Waals surface area contributed by atoms with Crippen molar-refractivity contribution >= 4 is 35.3 Å². The molecule has 0 unspecified atom stereocenters. The van der Waals surface area contributed by atoms with Crippen LogP contribution in [0.4, 0.5) is 5.69 Å². The van der Waals surface area contributed by atoms with Crippen LogP contribution < -0.4 is 15.0 Å². The second kappa shape index (κ2) is 6.75. The molecular weight excluding hydrogens is 346 g/mol. The van der Waals surface area contributed by atoms with E-state index in [1.165, 1.54) is 23.6 Å². The topological polar surface area (TPSA) is 103 Å². The Morgan fingerprint density at radius 2 is 2.12 bits per heavy atom. The van der Waals surface area contributed by atoms with Gasteiger partial charge in [0.1, 0.15) is 25.1 Å². The van der Waals surface area contributed by atoms with Crippen LogP contribution in [0, 0.1) is 0 Å². The van der Waals surface area contributed by atoms with Crippen molar-refractivity contribution in [2.75, 3.05) is 17.7 Å². The second-order valence-electron chi connectivity index (χ2n) is 5.80. The van der Waals surface area contributed by atoms with Crippen molar-refractivity contribution in [2.24, 2.45) is 7.05 Å². The molecule has 1 aromatic rings. The summed E-state index contributed by atoms with van der Waals surface area (Å²) in [7, 11) is 1.89. The molecule has 8 nitrogen and oxygen atoms in total. The van der Waals surface area contributed by atoms with E-state index in [0.29, 0.717) is 11.3 Å². The summed E-state index contributed by atoms with van der Waals surface area (Å²) >= 11 is 1.43. The number of aliphatic carboxylic acids is 1. The van der Waals surface area contributed by atoms with E-state index < -0.39 is 18.0 Å². The lowest BCUT2D eigenvalue weighted by Crippen LogP contribution is -2.68. The van der Waals surface area contributed by atoms with Gasteiger partial charge in [0.25, 0.3) is 5.91 Å². The van der Waals surface area contributed by atoms with E-state index in [1.807, 2.05) is 36.1 Å². The molecular formula is C16H17N3O5S. The standard InChI is InChI=1S/C16H17N3O5S/c1-9(20)24-7-10-8-25-15-12(14(21)19(15)13(10)16(22)23)17-11-3-5-18(2)6-4-11/h3-6,12,15H,7-8H2,1-2H3,(H,22,23)/t12-,15-/m1/s1. The number of β-lactam (4-membered cyclic amide) rings is 1. The van der Waals surface area contributed by atoms with Gasteiger partial charge in [-0.25, -0.2) is 4.57 Å². The zero-order valence-electron chi connectivity index (χ0n) is 13.7. The largest absolute Gasteiger partial charge is 0.543 e. The summed E-state index contributed by atoms with van der Waals surface area (Å²) in [6.07, 6.45) is 3.70. The van der Waals surface area contributed by atoms with Crippen molar-refractivity contribution in [2.45, 2.75) is 18.3 Å². The lowest BCUT2D eigenvalue weighted by atomic mass is 10.0. The number of carboxylic acids is 1. The van der Waals surface area contributed by atoms with E-state index >= 15 is 0 Å². The fourth-order valence-electron chi connectivity index (χ4n) is 2.75. The number of aryl methyl sites for hydroxylation is 1. The molecule has 0 aliphatic carbocycles. The number of hydrogen-bond acceptors (Lipinski definition) is 7. The number of thioether (sulfide) groups is 1. The highest BCUT2D eigenvalue weighted by molar-refractivity contribution is 8.00. The molecule has 1 amide bonds. The lowest BCUT2D eigenvalue weighted by molar-refractivity contribution is -0.671. The first-order valence-corrected chi connectivity index (χ1v) is 8.66. The normalized spacial score (nSPS) is 22.2. The number of fused-ring (bicyclic) bond motifs is 1. The average molecular weight is 363 g/mol. The number of nitrogens with zero attached hydrogens (tertiary/aromatic N) is 2. The summed E-state index contributed by atoms with van der Waals surface area (Å²) in [6.45, 7) is 1.09. The molecule has 0 bridgehead atoms. The molecule has 2 aliphatic rings. The number of nitrogens with one attached hydrogen (secondary N) is 1. The van der Waals surface area contributed by atoms with Crippen molar-refractivity contribution < 1.29 is 28.8 Å². The van der Waals surface area contributed by atoms with Gasteiger partial charge < -0.3 is 20.0 Å². The predicted octanol–water partition coefficient (Wildman–Crippen LogP) is -1.23. The minimum absolute atomic E-state index is 0.157. The third-order valence-electron chi connectivity index (χ3n) is 3.99. The monoisotopic (exact) mass is 363 g/mol. The van der Waals surface area contributed by atoms with Crippen molar-refractivity contribution in [1.82, 2.24) is 4.90 Å². The number of esters is 1. The van der Waals surface area contributed by atoms with Crippen molar-refractivity contribution in [3.8, 4) is 0 Å². The van der Waals surface area contributed by atoms with Gasteiger partial charge in [0, 0.05) is 36.1 Å². The molecule has 0 spiro atoms. The number of amides is 1. The van der Waals surface area contributed by atoms with E-state index in [9.17, 15) is 19.5 Å². The number of carbonyl (C=O) groups is 3. The van der Waals surface area contributed by atoms with Gasteiger partial charge in [-0.2, -0.15) is 0 Å². The third-order valence-corrected chi connectivity index (χ3v) is 5.33. The SMILES string of the molecule is CC(=O)OCC1=C(C(=O)[O-])N2C(=O)[C@@H](Nc3cc[n+](C)cc3)[C@H]2SC1. The van der Waals surface area contributed by atoms with Gasteiger partial charge >= 0.3 is 5.97 Å². The molecule has 2 aliphatic heterocycles. The second-order valence-corrected chi connectivity index (χ2v) is 6.91. The molecule has 0 saturated carbocycles. The molecule has 9 heteroatoms. The van der Waals surface area contributed by atoms with Crippen LogP contribution in [0.3, 0.4) is 0 Å². The Morgan fingerprint density at radius 3 is 2.72 bits per heavy atom. The highest BCUT2D eigenvalue weighted by Gasteiger charge is 2.52. The van der Waals surface area contributed by atoms with E-state index in [4.69, 9.17) is 4.74 Å². The number of aromatic nitrogens is 1. The van der Waals surface area contributed by atoms with Gasteiger partial charge in [-0.15, -0.1) is 11.8 Å². The molecule has 1 saturated heterocycles. The number of pyridine rings is 1. The molecule has 1 fully saturated rings. The number of ether oxygens (including phenoxy) is 1. The lowest BCUT2D eigenvalue weighted by Gasteiger charge is -2.51. The third kappa shape index (κ3) is 3.32. The van der Waals surface area contributed by atoms with Crippen LogP contribution in [0.25, 0.3) is 0 Å². The minimum atomic E-state index is -1.44. The summed E-state index contributed by atoms with van der Waals surface area (Å²) in [5, 5.41) is 14.3. The van der Waals surface area contributed by atoms with E-state index in [0.717, 1.165) is 5.69 Å². The molecule has 1 aromatic heterocycles. The van der Waals surface area contributed by atoms with E-state index in [2.05, 4.69) is 5.32 Å². The summed E-state index contributed by atoms with van der Waals surface area (Å²) in [5.74, 6) is -1.94. The van der Waals surface area contributed by atoms with Crippen LogP contribution in [-0.4, -0.2) is 46.5 Å². The van der Waals surface area contributed by atoms with E-state index in [1.54, 1.807) is 0 Å². The Hall–Kier alpha value is -2.55. The van der Waals surface area contributed by atoms with Gasteiger partial charge in [-0.05, 0) is 0 Å². The predicted molar refractivity (Wildman–Crippen MR) is 86.8 cm³/mol. The van der Waals surface area contributed by atoms with Gasteiger partial charge in [-0.3, -0.25) is 14.5 Å². The molecule has 0 radical (unpaired) electrons. The zero-order valence-corrected chi connectivity index (χ0v) is 14.5. The molecule has 3 rings (SSSR count). The van der Waals surface area contributed by atoms with Gasteiger partial charge in [0.2, 0.25) is 0 Å². The first-order valence-electron chi connectivity index (χ1n) is 7.61. The van der Waals surface area contributed by atoms with Crippen LogP contribution in [0.2, 0.25) is 0 Å². The summed E-state index contributed by atoms with van der Waals surface area (Å²) in [4.78, 5) is 36.2. The van der Waals surface area contributed by atoms with Gasteiger partial charge in [0.05, 0.1) is 11.7 Å². The maximum absolute atomic E-state index is 12.5. The van der Waals surface area contributed by atoms with Gasteiger partial charge in [-0.1, -0.05) is 0 Å². The number of hydrogen-bond donors (Lipinski definition) is 1. The average Bonchev–Trinajstić information content (AvgIpc) is 2.58. The van der Waals surface area contributed by atoms with E-state index in [-0.39, 0.29) is 23.6 Å². The van der Waals surface area contributed by atoms with Crippen LogP contribution in [-0.2, 0) is 26.2 Å². The summed E-state index contributed by atoms with van der Waals surface area (Å²) in [5.41, 5.74) is 0.962. The smallest absolute Gasteiger partial charge is 0.302 e. The fourth-order valence-corrected chi connectivity index (χ4v) is 4.08. The maximum atomic E-state index is 12.5. The maximum Gasteiger partial charge on any atom is 0.302 e. The molecule has 2 atom stereocenters. The number of rotatable bonds is 5. The number of carboxylic acid groups (broad SMARTS) is 1. The Bertz CT molecular complexity index is 762. The molecule has 3 heterocycles. The zero-order chi connectivity index (χ0) is 18.1. The first kappa shape index (κ1) is 17.3. The van der Waals surface area contributed by atoms with Crippen molar-refractivity contribution in [3.05, 3.63) is 35.8 Å². The minimum Gasteiger partial charge on any atom is -0.543 e. The number of anilines is 1. The highest BCUT2D eigenvalue weighted by Crippen LogP contribution is 2.41. The molecule has 0 aromatic carbocycles. The molecule has 132 valence electrons. The Morgan fingerprint density at radius 1 is 1.44 bits per heavy atom. The first-order chi connectivity index (χ1) is 11.9. The quantitative estimate of drug-likeness (QED) is 0.397. The Balaban J connectivity index is 1.78. The van der Waals surface area contributed by atoms with Crippen LogP contribution in [0.1, 0.15) is 6.92 Å². The van der Waals surface area contributed by atoms with Crippen LogP contribution in [0.15, 0.2) is 35.8 Å². The van der Waals surface area contributed by atoms with Crippen molar-refractivity contribution in [1.29, 1.82) is 0 Å². The Kier molecular flexibility index (Phi) is 4.67. The Labute approximate surface area is 148 Å². The summed E-state index contributed by atoms with van der Waals surface area (Å²) < 4.78 is 6.75. The van der Waals surface area contributed by atoms with Crippen molar-refractivity contribution in [3.63, 3.8) is 0 Å². The highest BCUT2D eigenvalue weighted by atomic mass is 32.2. The molecule has 25 heavy (non-hydrogen) atoms.